The molecule has 1 fully saturated rings. The number of carboxylic acid groups (broad SMARTS) is 1. The number of rotatable bonds is 4. The molecule has 22 heavy (non-hydrogen) atoms. The Balaban J connectivity index is 2.19. The van der Waals surface area contributed by atoms with E-state index in [1.807, 2.05) is 0 Å². The van der Waals surface area contributed by atoms with Gasteiger partial charge < -0.3 is 5.11 Å². The molecule has 0 spiro atoms. The molecule has 122 valence electrons. The smallest absolute Gasteiger partial charge is 0.320 e. The van der Waals surface area contributed by atoms with Gasteiger partial charge in [0.1, 0.15) is 10.9 Å². The van der Waals surface area contributed by atoms with Crippen molar-refractivity contribution in [2.75, 3.05) is 26.2 Å². The SMILES string of the molecule is CC(C(=O)O)N1CCN(S(=O)(=O)c2c(Cl)cccc2Cl)CC1. The molecule has 0 aromatic heterocycles. The van der Waals surface area contributed by atoms with Crippen LogP contribution in [0.3, 0.4) is 0 Å². The summed E-state index contributed by atoms with van der Waals surface area (Å²) in [5, 5.41) is 9.16. The summed E-state index contributed by atoms with van der Waals surface area (Å²) >= 11 is 12.0. The maximum absolute atomic E-state index is 12.7. The van der Waals surface area contributed by atoms with Gasteiger partial charge in [0.25, 0.3) is 0 Å². The van der Waals surface area contributed by atoms with Gasteiger partial charge in [-0.2, -0.15) is 4.31 Å². The molecular formula is C13H16Cl2N2O4S. The first-order chi connectivity index (χ1) is 10.2. The van der Waals surface area contributed by atoms with E-state index < -0.39 is 22.0 Å². The molecule has 1 aliphatic heterocycles. The van der Waals surface area contributed by atoms with Crippen LogP contribution in [0.15, 0.2) is 23.1 Å². The number of carboxylic acids is 1. The van der Waals surface area contributed by atoms with Crippen LogP contribution >= 0.6 is 23.2 Å². The number of hydrogen-bond donors (Lipinski definition) is 1. The van der Waals surface area contributed by atoms with Crippen LogP contribution in [0, 0.1) is 0 Å². The Morgan fingerprint density at radius 3 is 2.14 bits per heavy atom. The molecule has 1 N–H and O–H groups in total. The molecule has 0 amide bonds. The van der Waals surface area contributed by atoms with Crippen LogP contribution in [-0.2, 0) is 14.8 Å². The van der Waals surface area contributed by atoms with Crippen LogP contribution in [0.2, 0.25) is 10.0 Å². The molecule has 1 aliphatic rings. The lowest BCUT2D eigenvalue weighted by Crippen LogP contribution is -2.53. The lowest BCUT2D eigenvalue weighted by atomic mass is 10.2. The third kappa shape index (κ3) is 3.38. The van der Waals surface area contributed by atoms with E-state index in [1.54, 1.807) is 17.9 Å². The van der Waals surface area contributed by atoms with Crippen LogP contribution in [0.4, 0.5) is 0 Å². The molecule has 1 heterocycles. The van der Waals surface area contributed by atoms with Crippen molar-refractivity contribution in [1.82, 2.24) is 9.21 Å². The Kier molecular flexibility index (Phi) is 5.34. The summed E-state index contributed by atoms with van der Waals surface area (Å²) in [5.74, 6) is -0.926. The van der Waals surface area contributed by atoms with Crippen molar-refractivity contribution < 1.29 is 18.3 Å². The van der Waals surface area contributed by atoms with E-state index >= 15 is 0 Å². The average Bonchev–Trinajstić information content (AvgIpc) is 2.46. The van der Waals surface area contributed by atoms with Gasteiger partial charge in [0.05, 0.1) is 10.0 Å². The Morgan fingerprint density at radius 1 is 1.18 bits per heavy atom. The second-order valence-electron chi connectivity index (χ2n) is 5.01. The molecular weight excluding hydrogens is 351 g/mol. The molecule has 1 aromatic rings. The van der Waals surface area contributed by atoms with Gasteiger partial charge in [-0.1, -0.05) is 29.3 Å². The van der Waals surface area contributed by atoms with E-state index in [-0.39, 0.29) is 28.0 Å². The molecule has 1 aromatic carbocycles. The minimum absolute atomic E-state index is 0.0776. The first-order valence-corrected chi connectivity index (χ1v) is 8.85. The van der Waals surface area contributed by atoms with Crippen molar-refractivity contribution in [3.8, 4) is 0 Å². The number of benzene rings is 1. The number of nitrogens with zero attached hydrogens (tertiary/aromatic N) is 2. The van der Waals surface area contributed by atoms with Gasteiger partial charge in [-0.3, -0.25) is 9.69 Å². The number of piperazine rings is 1. The van der Waals surface area contributed by atoms with Gasteiger partial charge in [0, 0.05) is 26.2 Å². The lowest BCUT2D eigenvalue weighted by molar-refractivity contribution is -0.143. The Hall–Kier alpha value is -0.860. The van der Waals surface area contributed by atoms with Crippen molar-refractivity contribution in [3.05, 3.63) is 28.2 Å². The summed E-state index contributed by atoms with van der Waals surface area (Å²) in [6, 6.07) is 3.89. The zero-order valence-electron chi connectivity index (χ0n) is 11.9. The van der Waals surface area contributed by atoms with E-state index in [1.165, 1.54) is 16.4 Å². The fraction of sp³-hybridized carbons (Fsp3) is 0.462. The Bertz CT molecular complexity index is 652. The molecule has 0 aliphatic carbocycles. The largest absolute Gasteiger partial charge is 0.480 e. The fourth-order valence-corrected chi connectivity index (χ4v) is 4.86. The standard InChI is InChI=1S/C13H16Cl2N2O4S/c1-9(13(18)19)16-5-7-17(8-6-16)22(20,21)12-10(14)3-2-4-11(12)15/h2-4,9H,5-8H2,1H3,(H,18,19). The minimum Gasteiger partial charge on any atom is -0.480 e. The first kappa shape index (κ1) is 17.5. The Labute approximate surface area is 139 Å². The minimum atomic E-state index is -3.80. The predicted molar refractivity (Wildman–Crippen MR) is 83.9 cm³/mol. The summed E-state index contributed by atoms with van der Waals surface area (Å²) in [5.41, 5.74) is 0. The van der Waals surface area contributed by atoms with Crippen molar-refractivity contribution in [3.63, 3.8) is 0 Å². The van der Waals surface area contributed by atoms with Crippen LogP contribution in [0.5, 0.6) is 0 Å². The normalized spacial score (nSPS) is 19.0. The third-order valence-electron chi connectivity index (χ3n) is 3.70. The fourth-order valence-electron chi connectivity index (χ4n) is 2.35. The van der Waals surface area contributed by atoms with Crippen LogP contribution < -0.4 is 0 Å². The number of sulfonamides is 1. The number of carbonyl (C=O) groups is 1. The maximum Gasteiger partial charge on any atom is 0.320 e. The second-order valence-corrected chi connectivity index (χ2v) is 7.69. The zero-order valence-corrected chi connectivity index (χ0v) is 14.2. The van der Waals surface area contributed by atoms with E-state index in [9.17, 15) is 13.2 Å². The Morgan fingerprint density at radius 2 is 1.68 bits per heavy atom. The summed E-state index contributed by atoms with van der Waals surface area (Å²) in [4.78, 5) is 12.6. The van der Waals surface area contributed by atoms with Crippen molar-refractivity contribution in [1.29, 1.82) is 0 Å². The molecule has 2 rings (SSSR count). The summed E-state index contributed by atoms with van der Waals surface area (Å²) in [7, 11) is -3.80. The molecule has 9 heteroatoms. The van der Waals surface area contributed by atoms with Gasteiger partial charge in [-0.15, -0.1) is 0 Å². The van der Waals surface area contributed by atoms with E-state index in [2.05, 4.69) is 0 Å². The van der Waals surface area contributed by atoms with Crippen LogP contribution in [-0.4, -0.2) is 60.9 Å². The van der Waals surface area contributed by atoms with Gasteiger partial charge in [0.2, 0.25) is 10.0 Å². The van der Waals surface area contributed by atoms with Gasteiger partial charge in [0.15, 0.2) is 0 Å². The maximum atomic E-state index is 12.7. The van der Waals surface area contributed by atoms with Gasteiger partial charge in [-0.25, -0.2) is 8.42 Å². The highest BCUT2D eigenvalue weighted by atomic mass is 35.5. The molecule has 6 nitrogen and oxygen atoms in total. The highest BCUT2D eigenvalue weighted by Crippen LogP contribution is 2.31. The van der Waals surface area contributed by atoms with Gasteiger partial charge >= 0.3 is 5.97 Å². The molecule has 1 atom stereocenters. The summed E-state index contributed by atoms with van der Waals surface area (Å²) in [6.45, 7) is 2.66. The van der Waals surface area contributed by atoms with Crippen molar-refractivity contribution >= 4 is 39.2 Å². The van der Waals surface area contributed by atoms with Crippen molar-refractivity contribution in [2.24, 2.45) is 0 Å². The number of hydrogen-bond acceptors (Lipinski definition) is 4. The second kappa shape index (κ2) is 6.72. The lowest BCUT2D eigenvalue weighted by Gasteiger charge is -2.36. The highest BCUT2D eigenvalue weighted by molar-refractivity contribution is 7.89. The van der Waals surface area contributed by atoms with E-state index in [0.29, 0.717) is 13.1 Å². The quantitative estimate of drug-likeness (QED) is 0.878. The zero-order chi connectivity index (χ0) is 16.5. The number of halogens is 2. The topological polar surface area (TPSA) is 77.9 Å². The van der Waals surface area contributed by atoms with E-state index in [4.69, 9.17) is 28.3 Å². The molecule has 1 unspecified atom stereocenters. The van der Waals surface area contributed by atoms with Crippen LogP contribution in [0.25, 0.3) is 0 Å². The molecule has 1 saturated heterocycles. The highest BCUT2D eigenvalue weighted by Gasteiger charge is 2.33. The summed E-state index contributed by atoms with van der Waals surface area (Å²) < 4.78 is 26.6. The molecule has 0 saturated carbocycles. The van der Waals surface area contributed by atoms with E-state index in [0.717, 1.165) is 0 Å². The average molecular weight is 367 g/mol. The molecule has 0 radical (unpaired) electrons. The summed E-state index contributed by atoms with van der Waals surface area (Å²) in [6.07, 6.45) is 0. The first-order valence-electron chi connectivity index (χ1n) is 6.66. The van der Waals surface area contributed by atoms with Crippen LogP contribution in [0.1, 0.15) is 6.92 Å². The van der Waals surface area contributed by atoms with Gasteiger partial charge in [-0.05, 0) is 19.1 Å². The molecule has 0 bridgehead atoms. The monoisotopic (exact) mass is 366 g/mol. The third-order valence-corrected chi connectivity index (χ3v) is 6.55. The van der Waals surface area contributed by atoms with Crippen molar-refractivity contribution in [2.45, 2.75) is 17.9 Å². The predicted octanol–water partition coefficient (Wildman–Crippen LogP) is 1.77. The number of aliphatic carboxylic acids is 1.